The summed E-state index contributed by atoms with van der Waals surface area (Å²) in [6.45, 7) is 0.668. The molecule has 0 aromatic heterocycles. The number of aldehydes is 1. The smallest absolute Gasteiger partial charge is 0.243 e. The molecule has 1 atom stereocenters. The third-order valence-corrected chi connectivity index (χ3v) is 5.47. The fourth-order valence-electron chi connectivity index (χ4n) is 2.43. The minimum absolute atomic E-state index is 0.145. The first-order valence-corrected chi connectivity index (χ1v) is 8.14. The fraction of sp³-hybridized carbons (Fsp3) is 0.500. The lowest BCUT2D eigenvalue weighted by Crippen LogP contribution is -2.40. The number of nitrogens with zero attached hydrogens (tertiary/aromatic N) is 1. The van der Waals surface area contributed by atoms with E-state index in [1.165, 1.54) is 30.7 Å². The molecule has 1 saturated heterocycles. The summed E-state index contributed by atoms with van der Waals surface area (Å²) in [6, 6.07) is 4.49. The van der Waals surface area contributed by atoms with Crippen LogP contribution >= 0.6 is 0 Å². The summed E-state index contributed by atoms with van der Waals surface area (Å²) >= 11 is 0. The van der Waals surface area contributed by atoms with Gasteiger partial charge in [0.2, 0.25) is 10.0 Å². The number of hydrogen-bond donors (Lipinski definition) is 0. The van der Waals surface area contributed by atoms with Crippen LogP contribution in [0.3, 0.4) is 0 Å². The van der Waals surface area contributed by atoms with Gasteiger partial charge >= 0.3 is 0 Å². The number of piperidine rings is 1. The molecule has 6 nitrogen and oxygen atoms in total. The van der Waals surface area contributed by atoms with Gasteiger partial charge in [-0.1, -0.05) is 0 Å². The maximum atomic E-state index is 12.6. The molecule has 0 aliphatic carbocycles. The highest BCUT2D eigenvalue weighted by atomic mass is 32.2. The Bertz CT molecular complexity index is 614. The minimum atomic E-state index is -3.62. The van der Waals surface area contributed by atoms with Gasteiger partial charge < -0.3 is 14.3 Å². The van der Waals surface area contributed by atoms with Crippen molar-refractivity contribution in [3.05, 3.63) is 18.2 Å². The van der Waals surface area contributed by atoms with Gasteiger partial charge in [0, 0.05) is 25.1 Å². The van der Waals surface area contributed by atoms with E-state index in [0.717, 1.165) is 12.7 Å². The van der Waals surface area contributed by atoms with Crippen molar-refractivity contribution in [3.8, 4) is 11.5 Å². The Morgan fingerprint density at radius 3 is 2.57 bits per heavy atom. The number of carbonyl (C=O) groups excluding carboxylic acids is 1. The van der Waals surface area contributed by atoms with Gasteiger partial charge in [0.15, 0.2) is 11.5 Å². The molecule has 0 radical (unpaired) electrons. The van der Waals surface area contributed by atoms with Crippen molar-refractivity contribution in [2.24, 2.45) is 5.92 Å². The molecule has 116 valence electrons. The molecule has 1 fully saturated rings. The highest BCUT2D eigenvalue weighted by molar-refractivity contribution is 7.89. The molecule has 21 heavy (non-hydrogen) atoms. The number of carbonyl (C=O) groups is 1. The van der Waals surface area contributed by atoms with Gasteiger partial charge in [-0.25, -0.2) is 8.42 Å². The first kappa shape index (κ1) is 15.8. The Morgan fingerprint density at radius 2 is 1.95 bits per heavy atom. The third-order valence-electron chi connectivity index (χ3n) is 3.61. The summed E-state index contributed by atoms with van der Waals surface area (Å²) in [6.07, 6.45) is 2.26. The van der Waals surface area contributed by atoms with Gasteiger partial charge in [-0.15, -0.1) is 0 Å². The third kappa shape index (κ3) is 3.19. The van der Waals surface area contributed by atoms with Crippen LogP contribution in [0.1, 0.15) is 12.8 Å². The lowest BCUT2D eigenvalue weighted by atomic mass is 10.0. The Morgan fingerprint density at radius 1 is 1.24 bits per heavy atom. The van der Waals surface area contributed by atoms with Crippen molar-refractivity contribution < 1.29 is 22.7 Å². The van der Waals surface area contributed by atoms with Crippen molar-refractivity contribution in [1.82, 2.24) is 4.31 Å². The summed E-state index contributed by atoms with van der Waals surface area (Å²) < 4.78 is 36.9. The molecule has 1 heterocycles. The molecule has 0 spiro atoms. The summed E-state index contributed by atoms with van der Waals surface area (Å²) in [7, 11) is -0.676. The van der Waals surface area contributed by atoms with Gasteiger partial charge in [-0.2, -0.15) is 4.31 Å². The van der Waals surface area contributed by atoms with E-state index in [-0.39, 0.29) is 17.4 Å². The zero-order chi connectivity index (χ0) is 15.5. The van der Waals surface area contributed by atoms with Gasteiger partial charge in [0.1, 0.15) is 6.29 Å². The van der Waals surface area contributed by atoms with E-state index in [9.17, 15) is 13.2 Å². The maximum absolute atomic E-state index is 12.6. The minimum Gasteiger partial charge on any atom is -0.493 e. The number of sulfonamides is 1. The van der Waals surface area contributed by atoms with E-state index in [1.54, 1.807) is 6.07 Å². The quantitative estimate of drug-likeness (QED) is 0.766. The van der Waals surface area contributed by atoms with Crippen molar-refractivity contribution in [2.45, 2.75) is 17.7 Å². The molecule has 0 N–H and O–H groups in total. The number of benzene rings is 1. The Balaban J connectivity index is 2.33. The molecule has 1 unspecified atom stereocenters. The summed E-state index contributed by atoms with van der Waals surface area (Å²) in [4.78, 5) is 11.0. The molecule has 1 aromatic carbocycles. The van der Waals surface area contributed by atoms with Crippen molar-refractivity contribution in [1.29, 1.82) is 0 Å². The standard InChI is InChI=1S/C14H19NO5S/c1-19-13-6-5-12(8-14(13)20-2)21(17,18)15-7-3-4-11(9-15)10-16/h5-6,8,10-11H,3-4,7,9H2,1-2H3. The molecular weight excluding hydrogens is 294 g/mol. The first-order chi connectivity index (χ1) is 10.0. The topological polar surface area (TPSA) is 72.9 Å². The van der Waals surface area contributed by atoms with Crippen molar-refractivity contribution in [3.63, 3.8) is 0 Å². The maximum Gasteiger partial charge on any atom is 0.243 e. The van der Waals surface area contributed by atoms with Crippen LogP contribution < -0.4 is 9.47 Å². The highest BCUT2D eigenvalue weighted by Crippen LogP contribution is 2.31. The number of methoxy groups -OCH3 is 2. The van der Waals surface area contributed by atoms with Gasteiger partial charge in [-0.05, 0) is 25.0 Å². The van der Waals surface area contributed by atoms with Crippen LogP contribution in [0.4, 0.5) is 0 Å². The predicted molar refractivity (Wildman–Crippen MR) is 77.1 cm³/mol. The molecule has 7 heteroatoms. The second-order valence-electron chi connectivity index (χ2n) is 4.92. The number of ether oxygens (including phenoxy) is 2. The normalized spacial score (nSPS) is 20.0. The van der Waals surface area contributed by atoms with E-state index in [1.807, 2.05) is 0 Å². The van der Waals surface area contributed by atoms with Crippen LogP contribution in [0.15, 0.2) is 23.1 Å². The molecule has 0 saturated carbocycles. The van der Waals surface area contributed by atoms with E-state index >= 15 is 0 Å². The summed E-state index contributed by atoms with van der Waals surface area (Å²) in [5, 5.41) is 0. The zero-order valence-corrected chi connectivity index (χ0v) is 12.9. The molecule has 1 aliphatic heterocycles. The lowest BCUT2D eigenvalue weighted by Gasteiger charge is -2.29. The molecule has 1 aromatic rings. The van der Waals surface area contributed by atoms with Gasteiger partial charge in [0.05, 0.1) is 19.1 Å². The lowest BCUT2D eigenvalue weighted by molar-refractivity contribution is -0.112. The highest BCUT2D eigenvalue weighted by Gasteiger charge is 2.30. The Kier molecular flexibility index (Phi) is 4.84. The monoisotopic (exact) mass is 313 g/mol. The Labute approximate surface area is 124 Å². The van der Waals surface area contributed by atoms with E-state index in [4.69, 9.17) is 9.47 Å². The first-order valence-electron chi connectivity index (χ1n) is 6.70. The fourth-order valence-corrected chi connectivity index (χ4v) is 3.98. The van der Waals surface area contributed by atoms with E-state index in [0.29, 0.717) is 24.5 Å². The van der Waals surface area contributed by atoms with Crippen molar-refractivity contribution >= 4 is 16.3 Å². The second kappa shape index (κ2) is 6.44. The molecule has 1 aliphatic rings. The Hall–Kier alpha value is -1.60. The SMILES string of the molecule is COc1ccc(S(=O)(=O)N2CCCC(C=O)C2)cc1OC. The van der Waals surface area contributed by atoms with Crippen LogP contribution in [-0.4, -0.2) is 46.3 Å². The molecular formula is C14H19NO5S. The van der Waals surface area contributed by atoms with E-state index < -0.39 is 10.0 Å². The van der Waals surface area contributed by atoms with Crippen LogP contribution in [0.25, 0.3) is 0 Å². The number of rotatable bonds is 5. The van der Waals surface area contributed by atoms with E-state index in [2.05, 4.69) is 0 Å². The molecule has 0 amide bonds. The molecule has 2 rings (SSSR count). The summed E-state index contributed by atoms with van der Waals surface area (Å²) in [5.74, 6) is 0.608. The average Bonchev–Trinajstić information content (AvgIpc) is 2.54. The number of hydrogen-bond acceptors (Lipinski definition) is 5. The molecule has 0 bridgehead atoms. The van der Waals surface area contributed by atoms with Crippen LogP contribution in [0, 0.1) is 5.92 Å². The second-order valence-corrected chi connectivity index (χ2v) is 6.86. The largest absolute Gasteiger partial charge is 0.493 e. The van der Waals surface area contributed by atoms with Crippen LogP contribution in [0.5, 0.6) is 11.5 Å². The van der Waals surface area contributed by atoms with Gasteiger partial charge in [0.25, 0.3) is 0 Å². The average molecular weight is 313 g/mol. The predicted octanol–water partition coefficient (Wildman–Crippen LogP) is 1.30. The summed E-state index contributed by atoms with van der Waals surface area (Å²) in [5.41, 5.74) is 0. The van der Waals surface area contributed by atoms with Crippen molar-refractivity contribution in [2.75, 3.05) is 27.3 Å². The van der Waals surface area contributed by atoms with Crippen LogP contribution in [0.2, 0.25) is 0 Å². The van der Waals surface area contributed by atoms with Crippen LogP contribution in [-0.2, 0) is 14.8 Å². The van der Waals surface area contributed by atoms with Gasteiger partial charge in [-0.3, -0.25) is 0 Å². The zero-order valence-electron chi connectivity index (χ0n) is 12.1.